The van der Waals surface area contributed by atoms with Crippen molar-refractivity contribution in [2.75, 3.05) is 0 Å². The van der Waals surface area contributed by atoms with Crippen LogP contribution < -0.4 is 4.57 Å². The molecule has 0 aliphatic heterocycles. The van der Waals surface area contributed by atoms with E-state index in [-0.39, 0.29) is 0 Å². The maximum absolute atomic E-state index is 3.65. The predicted octanol–water partition coefficient (Wildman–Crippen LogP) is 11.0. The molecule has 2 unspecified atom stereocenters. The zero-order chi connectivity index (χ0) is 24.7. The van der Waals surface area contributed by atoms with Crippen molar-refractivity contribution in [1.29, 1.82) is 0 Å². The first kappa shape index (κ1) is 31.2. The van der Waals surface area contributed by atoms with Crippen LogP contribution in [0, 0.1) is 0 Å². The van der Waals surface area contributed by atoms with Gasteiger partial charge in [0.25, 0.3) is 5.82 Å². The van der Waals surface area contributed by atoms with Crippen molar-refractivity contribution in [2.24, 2.45) is 0 Å². The first-order valence-corrected chi connectivity index (χ1v) is 15.8. The molecule has 0 saturated heterocycles. The van der Waals surface area contributed by atoms with E-state index in [9.17, 15) is 0 Å². The highest BCUT2D eigenvalue weighted by molar-refractivity contribution is 4.90. The second kappa shape index (κ2) is 22.7. The summed E-state index contributed by atoms with van der Waals surface area (Å²) in [6.07, 6.45) is 36.9. The molecule has 0 saturated carbocycles. The molecule has 0 spiro atoms. The van der Waals surface area contributed by atoms with E-state index in [0.29, 0.717) is 12.0 Å². The SMILES string of the molecule is CCCCCCCCCCCCCCC(C)[n+]1cc[nH]c1C(CCC)CCCCCCCCC. The number of hydrogen-bond donors (Lipinski definition) is 1. The number of hydrogen-bond acceptors (Lipinski definition) is 0. The summed E-state index contributed by atoms with van der Waals surface area (Å²) in [7, 11) is 0. The molecule has 0 aromatic carbocycles. The highest BCUT2D eigenvalue weighted by Crippen LogP contribution is 2.26. The van der Waals surface area contributed by atoms with Crippen molar-refractivity contribution in [3.63, 3.8) is 0 Å². The number of aromatic nitrogens is 2. The molecule has 1 rings (SSSR count). The van der Waals surface area contributed by atoms with E-state index in [0.717, 1.165) is 0 Å². The van der Waals surface area contributed by atoms with Crippen molar-refractivity contribution in [1.82, 2.24) is 4.98 Å². The standard InChI is InChI=1S/C32H62N2/c1-5-8-10-12-14-15-16-17-18-20-21-23-26-30(4)34-29-28-33-32(34)31(25-7-3)27-24-22-19-13-11-9-6-2/h28-31H,5-27H2,1-4H3/p+1. The van der Waals surface area contributed by atoms with Crippen LogP contribution in [0.15, 0.2) is 12.4 Å². The lowest BCUT2D eigenvalue weighted by Crippen LogP contribution is -2.41. The minimum absolute atomic E-state index is 0.623. The van der Waals surface area contributed by atoms with Crippen LogP contribution in [-0.4, -0.2) is 4.98 Å². The Hall–Kier alpha value is -0.790. The van der Waals surface area contributed by atoms with Gasteiger partial charge in [-0.1, -0.05) is 143 Å². The van der Waals surface area contributed by atoms with Gasteiger partial charge in [0.05, 0.1) is 12.0 Å². The van der Waals surface area contributed by atoms with Crippen LogP contribution in [0.1, 0.15) is 193 Å². The van der Waals surface area contributed by atoms with Gasteiger partial charge in [-0.15, -0.1) is 0 Å². The van der Waals surface area contributed by atoms with E-state index in [1.165, 1.54) is 154 Å². The number of unbranched alkanes of at least 4 members (excludes halogenated alkanes) is 17. The molecule has 34 heavy (non-hydrogen) atoms. The first-order valence-electron chi connectivity index (χ1n) is 15.8. The molecular weight excluding hydrogens is 412 g/mol. The average molecular weight is 476 g/mol. The second-order valence-corrected chi connectivity index (χ2v) is 11.2. The number of imidazole rings is 1. The lowest BCUT2D eigenvalue weighted by molar-refractivity contribution is -0.727. The lowest BCUT2D eigenvalue weighted by Gasteiger charge is -2.16. The Bertz CT molecular complexity index is 535. The van der Waals surface area contributed by atoms with Gasteiger partial charge in [-0.3, -0.25) is 0 Å². The van der Waals surface area contributed by atoms with Crippen LogP contribution in [0.25, 0.3) is 0 Å². The maximum atomic E-state index is 3.65. The molecule has 0 fully saturated rings. The summed E-state index contributed by atoms with van der Waals surface area (Å²) in [4.78, 5) is 3.65. The van der Waals surface area contributed by atoms with Crippen LogP contribution in [0.4, 0.5) is 0 Å². The van der Waals surface area contributed by atoms with Gasteiger partial charge in [0.2, 0.25) is 0 Å². The lowest BCUT2D eigenvalue weighted by atomic mass is 9.94. The van der Waals surface area contributed by atoms with E-state index in [1.807, 2.05) is 0 Å². The fraction of sp³-hybridized carbons (Fsp3) is 0.906. The smallest absolute Gasteiger partial charge is 0.247 e. The fourth-order valence-electron chi connectivity index (χ4n) is 5.60. The number of H-pyrrole nitrogens is 1. The predicted molar refractivity (Wildman–Crippen MR) is 152 cm³/mol. The van der Waals surface area contributed by atoms with Gasteiger partial charge in [0.1, 0.15) is 12.4 Å². The van der Waals surface area contributed by atoms with Crippen LogP contribution in [0.3, 0.4) is 0 Å². The Morgan fingerprint density at radius 2 is 1.00 bits per heavy atom. The van der Waals surface area contributed by atoms with Gasteiger partial charge < -0.3 is 0 Å². The summed E-state index contributed by atoms with van der Waals surface area (Å²) in [5.41, 5.74) is 0. The number of nitrogens with one attached hydrogen (secondary N) is 1. The van der Waals surface area contributed by atoms with Crippen molar-refractivity contribution < 1.29 is 4.57 Å². The molecule has 200 valence electrons. The van der Waals surface area contributed by atoms with E-state index in [4.69, 9.17) is 0 Å². The molecule has 0 bridgehead atoms. The van der Waals surface area contributed by atoms with Crippen molar-refractivity contribution in [3.05, 3.63) is 18.2 Å². The van der Waals surface area contributed by atoms with Gasteiger partial charge in [0, 0.05) is 0 Å². The fourth-order valence-corrected chi connectivity index (χ4v) is 5.60. The first-order chi connectivity index (χ1) is 16.7. The monoisotopic (exact) mass is 475 g/mol. The Morgan fingerprint density at radius 1 is 0.559 bits per heavy atom. The average Bonchev–Trinajstić information content (AvgIpc) is 3.33. The Morgan fingerprint density at radius 3 is 1.47 bits per heavy atom. The minimum atomic E-state index is 0.623. The van der Waals surface area contributed by atoms with Gasteiger partial charge in [-0.05, 0) is 32.6 Å². The van der Waals surface area contributed by atoms with Crippen molar-refractivity contribution >= 4 is 0 Å². The van der Waals surface area contributed by atoms with E-state index < -0.39 is 0 Å². The molecule has 1 heterocycles. The third-order valence-corrected chi connectivity index (χ3v) is 7.87. The molecule has 2 heteroatoms. The summed E-state index contributed by atoms with van der Waals surface area (Å²) < 4.78 is 2.58. The summed E-state index contributed by atoms with van der Waals surface area (Å²) in [5.74, 6) is 2.21. The zero-order valence-corrected chi connectivity index (χ0v) is 24.0. The molecule has 0 amide bonds. The van der Waals surface area contributed by atoms with Crippen LogP contribution in [0.5, 0.6) is 0 Å². The summed E-state index contributed by atoms with van der Waals surface area (Å²) in [6.45, 7) is 9.39. The molecule has 1 N–H and O–H groups in total. The molecule has 2 atom stereocenters. The third kappa shape index (κ3) is 15.3. The largest absolute Gasteiger partial charge is 0.257 e. The van der Waals surface area contributed by atoms with Crippen LogP contribution >= 0.6 is 0 Å². The Labute approximate surface area is 215 Å². The zero-order valence-electron chi connectivity index (χ0n) is 24.0. The molecule has 1 aromatic rings. The van der Waals surface area contributed by atoms with Gasteiger partial charge in [-0.25, -0.2) is 9.55 Å². The number of nitrogens with zero attached hydrogens (tertiary/aromatic N) is 1. The molecule has 0 radical (unpaired) electrons. The number of aromatic amines is 1. The minimum Gasteiger partial charge on any atom is -0.247 e. The summed E-state index contributed by atoms with van der Waals surface area (Å²) in [5, 5.41) is 0. The van der Waals surface area contributed by atoms with Crippen LogP contribution in [0.2, 0.25) is 0 Å². The summed E-state index contributed by atoms with van der Waals surface area (Å²) in [6, 6.07) is 0.623. The molecule has 0 aliphatic rings. The second-order valence-electron chi connectivity index (χ2n) is 11.2. The third-order valence-electron chi connectivity index (χ3n) is 7.87. The Kier molecular flexibility index (Phi) is 20.8. The highest BCUT2D eigenvalue weighted by Gasteiger charge is 2.24. The van der Waals surface area contributed by atoms with Crippen molar-refractivity contribution in [3.8, 4) is 0 Å². The van der Waals surface area contributed by atoms with Gasteiger partial charge in [0.15, 0.2) is 0 Å². The van der Waals surface area contributed by atoms with Gasteiger partial charge >= 0.3 is 0 Å². The summed E-state index contributed by atoms with van der Waals surface area (Å²) >= 11 is 0. The molecule has 0 aliphatic carbocycles. The van der Waals surface area contributed by atoms with E-state index >= 15 is 0 Å². The van der Waals surface area contributed by atoms with Crippen molar-refractivity contribution in [2.45, 2.75) is 187 Å². The van der Waals surface area contributed by atoms with Gasteiger partial charge in [-0.2, -0.15) is 0 Å². The normalized spacial score (nSPS) is 13.4. The Balaban J connectivity index is 2.22. The topological polar surface area (TPSA) is 19.7 Å². The number of rotatable bonds is 25. The van der Waals surface area contributed by atoms with Crippen LogP contribution in [-0.2, 0) is 0 Å². The van der Waals surface area contributed by atoms with E-state index in [2.05, 4.69) is 49.6 Å². The quantitative estimate of drug-likeness (QED) is 0.107. The maximum Gasteiger partial charge on any atom is 0.257 e. The molecule has 2 nitrogen and oxygen atoms in total. The van der Waals surface area contributed by atoms with E-state index in [1.54, 1.807) is 0 Å². The molecule has 1 aromatic heterocycles. The molecular formula is C32H63N2+. The highest BCUT2D eigenvalue weighted by atomic mass is 15.1.